The summed E-state index contributed by atoms with van der Waals surface area (Å²) in [5.41, 5.74) is 0.496. The lowest BCUT2D eigenvalue weighted by atomic mass is 9.68. The number of hydrogen-bond donors (Lipinski definition) is 1. The Hall–Kier alpha value is -0.120. The Morgan fingerprint density at radius 3 is 2.26 bits per heavy atom. The lowest BCUT2D eigenvalue weighted by Gasteiger charge is -2.46. The predicted octanol–water partition coefficient (Wildman–Crippen LogP) is 2.99. The molecule has 0 spiro atoms. The molecule has 1 saturated heterocycles. The molecule has 0 bridgehead atoms. The van der Waals surface area contributed by atoms with Crippen LogP contribution in [0.3, 0.4) is 0 Å². The van der Waals surface area contributed by atoms with Crippen molar-refractivity contribution >= 4 is 0 Å². The summed E-state index contributed by atoms with van der Waals surface area (Å²) in [6.45, 7) is 12.9. The molecule has 1 saturated carbocycles. The maximum Gasteiger partial charge on any atom is 0.105 e. The highest BCUT2D eigenvalue weighted by molar-refractivity contribution is 4.93. The fourth-order valence-corrected chi connectivity index (χ4v) is 3.33. The normalized spacial score (nSPS) is 33.2. The van der Waals surface area contributed by atoms with Gasteiger partial charge in [0.2, 0.25) is 0 Å². The number of ether oxygens (including phenoxy) is 2. The Kier molecular flexibility index (Phi) is 4.91. The average Bonchev–Trinajstić information content (AvgIpc) is 2.31. The number of likely N-dealkylation sites (N-methyl/N-ethyl adjacent to an activating group) is 1. The standard InChI is InChI=1S/C16H31NO2/c1-5-17-12-16(19-14-10-18-11-14)8-6-13(7-9-16)15(2,3)4/h13-14,17H,5-12H2,1-4H3. The van der Waals surface area contributed by atoms with Crippen LogP contribution in [0.4, 0.5) is 0 Å². The highest BCUT2D eigenvalue weighted by Gasteiger charge is 2.41. The van der Waals surface area contributed by atoms with Crippen molar-refractivity contribution in [1.29, 1.82) is 0 Å². The maximum atomic E-state index is 6.39. The maximum absolute atomic E-state index is 6.39. The molecule has 1 aliphatic heterocycles. The molecule has 0 amide bonds. The third-order valence-electron chi connectivity index (χ3n) is 4.84. The molecule has 1 aliphatic carbocycles. The van der Waals surface area contributed by atoms with E-state index in [0.717, 1.165) is 32.2 Å². The molecule has 2 fully saturated rings. The zero-order chi connectivity index (χ0) is 13.9. The van der Waals surface area contributed by atoms with Crippen LogP contribution >= 0.6 is 0 Å². The van der Waals surface area contributed by atoms with Gasteiger partial charge in [-0.15, -0.1) is 0 Å². The molecular weight excluding hydrogens is 238 g/mol. The molecule has 19 heavy (non-hydrogen) atoms. The van der Waals surface area contributed by atoms with Gasteiger partial charge >= 0.3 is 0 Å². The summed E-state index contributed by atoms with van der Waals surface area (Å²) < 4.78 is 11.6. The van der Waals surface area contributed by atoms with Crippen molar-refractivity contribution in [3.8, 4) is 0 Å². The largest absolute Gasteiger partial charge is 0.376 e. The third kappa shape index (κ3) is 3.93. The molecule has 0 aromatic rings. The summed E-state index contributed by atoms with van der Waals surface area (Å²) in [7, 11) is 0. The molecule has 2 rings (SSSR count). The molecule has 3 nitrogen and oxygen atoms in total. The number of rotatable bonds is 5. The van der Waals surface area contributed by atoms with E-state index in [2.05, 4.69) is 33.0 Å². The van der Waals surface area contributed by atoms with E-state index in [9.17, 15) is 0 Å². The SMILES string of the molecule is CCNCC1(OC2COC2)CCC(C(C)(C)C)CC1. The topological polar surface area (TPSA) is 30.5 Å². The Bertz CT molecular complexity index is 273. The second-order valence-corrected chi connectivity index (χ2v) is 7.38. The van der Waals surface area contributed by atoms with Crippen molar-refractivity contribution in [2.75, 3.05) is 26.3 Å². The van der Waals surface area contributed by atoms with Gasteiger partial charge in [0.1, 0.15) is 6.10 Å². The van der Waals surface area contributed by atoms with Gasteiger partial charge in [-0.1, -0.05) is 27.7 Å². The Morgan fingerprint density at radius 1 is 1.21 bits per heavy atom. The third-order valence-corrected chi connectivity index (χ3v) is 4.84. The fourth-order valence-electron chi connectivity index (χ4n) is 3.33. The van der Waals surface area contributed by atoms with E-state index in [1.807, 2.05) is 0 Å². The fraction of sp³-hybridized carbons (Fsp3) is 1.00. The van der Waals surface area contributed by atoms with Crippen LogP contribution in [0.2, 0.25) is 0 Å². The second-order valence-electron chi connectivity index (χ2n) is 7.38. The van der Waals surface area contributed by atoms with Crippen LogP contribution in [0, 0.1) is 11.3 Å². The minimum Gasteiger partial charge on any atom is -0.376 e. The molecule has 0 radical (unpaired) electrons. The average molecular weight is 269 g/mol. The zero-order valence-electron chi connectivity index (χ0n) is 13.1. The zero-order valence-corrected chi connectivity index (χ0v) is 13.1. The van der Waals surface area contributed by atoms with E-state index in [4.69, 9.17) is 9.47 Å². The highest BCUT2D eigenvalue weighted by atomic mass is 16.6. The lowest BCUT2D eigenvalue weighted by Crippen LogP contribution is -2.52. The van der Waals surface area contributed by atoms with E-state index in [0.29, 0.717) is 11.5 Å². The van der Waals surface area contributed by atoms with Crippen molar-refractivity contribution in [3.63, 3.8) is 0 Å². The van der Waals surface area contributed by atoms with Gasteiger partial charge < -0.3 is 14.8 Å². The van der Waals surface area contributed by atoms with Crippen molar-refractivity contribution in [1.82, 2.24) is 5.32 Å². The van der Waals surface area contributed by atoms with Gasteiger partial charge in [0.25, 0.3) is 0 Å². The first-order chi connectivity index (χ1) is 8.95. The molecule has 0 aromatic carbocycles. The lowest BCUT2D eigenvalue weighted by molar-refractivity contribution is -0.204. The molecule has 1 N–H and O–H groups in total. The van der Waals surface area contributed by atoms with E-state index in [-0.39, 0.29) is 5.60 Å². The summed E-state index contributed by atoms with van der Waals surface area (Å²) in [5, 5.41) is 3.50. The van der Waals surface area contributed by atoms with E-state index < -0.39 is 0 Å². The first kappa shape index (κ1) is 15.3. The molecule has 1 heterocycles. The van der Waals surface area contributed by atoms with Crippen LogP contribution in [-0.4, -0.2) is 38.0 Å². The Labute approximate surface area is 118 Å². The van der Waals surface area contributed by atoms with Crippen molar-refractivity contribution in [2.24, 2.45) is 11.3 Å². The number of nitrogens with one attached hydrogen (secondary N) is 1. The van der Waals surface area contributed by atoms with Gasteiger partial charge in [0.05, 0.1) is 18.8 Å². The first-order valence-corrected chi connectivity index (χ1v) is 7.91. The van der Waals surface area contributed by atoms with Gasteiger partial charge in [0.15, 0.2) is 0 Å². The summed E-state index contributed by atoms with van der Waals surface area (Å²) in [4.78, 5) is 0. The van der Waals surface area contributed by atoms with Crippen LogP contribution in [0.15, 0.2) is 0 Å². The quantitative estimate of drug-likeness (QED) is 0.832. The van der Waals surface area contributed by atoms with Crippen LogP contribution in [-0.2, 0) is 9.47 Å². The van der Waals surface area contributed by atoms with Crippen LogP contribution in [0.5, 0.6) is 0 Å². The molecular formula is C16H31NO2. The van der Waals surface area contributed by atoms with E-state index in [1.165, 1.54) is 25.7 Å². The predicted molar refractivity (Wildman–Crippen MR) is 78.4 cm³/mol. The summed E-state index contributed by atoms with van der Waals surface area (Å²) in [5.74, 6) is 0.837. The molecule has 0 atom stereocenters. The number of hydrogen-bond acceptors (Lipinski definition) is 3. The molecule has 0 unspecified atom stereocenters. The van der Waals surface area contributed by atoms with Crippen molar-refractivity contribution in [3.05, 3.63) is 0 Å². The van der Waals surface area contributed by atoms with E-state index >= 15 is 0 Å². The van der Waals surface area contributed by atoms with Crippen LogP contribution in [0.1, 0.15) is 53.4 Å². The summed E-state index contributed by atoms with van der Waals surface area (Å²) in [6.07, 6.45) is 5.31. The smallest absolute Gasteiger partial charge is 0.105 e. The molecule has 112 valence electrons. The van der Waals surface area contributed by atoms with Gasteiger partial charge in [-0.25, -0.2) is 0 Å². The van der Waals surface area contributed by atoms with Gasteiger partial charge in [-0.3, -0.25) is 0 Å². The second kappa shape index (κ2) is 6.11. The van der Waals surface area contributed by atoms with Gasteiger partial charge in [-0.2, -0.15) is 0 Å². The van der Waals surface area contributed by atoms with Crippen molar-refractivity contribution in [2.45, 2.75) is 65.1 Å². The van der Waals surface area contributed by atoms with E-state index in [1.54, 1.807) is 0 Å². The molecule has 0 aromatic heterocycles. The van der Waals surface area contributed by atoms with Crippen molar-refractivity contribution < 1.29 is 9.47 Å². The molecule has 2 aliphatic rings. The monoisotopic (exact) mass is 269 g/mol. The molecule has 3 heteroatoms. The summed E-state index contributed by atoms with van der Waals surface area (Å²) >= 11 is 0. The minimum atomic E-state index is 0.0617. The Balaban J connectivity index is 1.92. The first-order valence-electron chi connectivity index (χ1n) is 7.91. The Morgan fingerprint density at radius 2 is 1.84 bits per heavy atom. The van der Waals surface area contributed by atoms with Gasteiger partial charge in [0, 0.05) is 6.54 Å². The highest BCUT2D eigenvalue weighted by Crippen LogP contribution is 2.43. The minimum absolute atomic E-state index is 0.0617. The van der Waals surface area contributed by atoms with Gasteiger partial charge in [-0.05, 0) is 43.6 Å². The van der Waals surface area contributed by atoms with Crippen LogP contribution in [0.25, 0.3) is 0 Å². The van der Waals surface area contributed by atoms with Crippen LogP contribution < -0.4 is 5.32 Å². The summed E-state index contributed by atoms with van der Waals surface area (Å²) in [6, 6.07) is 0.